The topological polar surface area (TPSA) is 121 Å². The SMILES string of the molecule is Cc1cc(C(=O)N[C@@H](CC(=O)N2CCC[C@@H]2c2ccccc2)C(=O)C[C@@H](C)c2ncc(-c3ccccc3F)[nH]2)no1. The van der Waals surface area contributed by atoms with E-state index in [0.29, 0.717) is 29.4 Å². The zero-order valence-corrected chi connectivity index (χ0v) is 23.0. The lowest BCUT2D eigenvalue weighted by Gasteiger charge is -2.27. The maximum atomic E-state index is 14.3. The van der Waals surface area contributed by atoms with Crippen molar-refractivity contribution < 1.29 is 23.3 Å². The molecule has 2 aromatic heterocycles. The van der Waals surface area contributed by atoms with E-state index in [1.54, 1.807) is 30.0 Å². The molecule has 10 heteroatoms. The Bertz CT molecular complexity index is 1530. The number of amides is 2. The number of hydrogen-bond donors (Lipinski definition) is 2. The second-order valence-corrected chi connectivity index (χ2v) is 10.4. The Morgan fingerprint density at radius 3 is 2.61 bits per heavy atom. The predicted octanol–water partition coefficient (Wildman–Crippen LogP) is 5.13. The molecule has 0 spiro atoms. The van der Waals surface area contributed by atoms with Crippen LogP contribution in [0.3, 0.4) is 0 Å². The third kappa shape index (κ3) is 6.42. The van der Waals surface area contributed by atoms with E-state index in [2.05, 4.69) is 20.4 Å². The second kappa shape index (κ2) is 12.3. The standard InChI is InChI=1S/C31H32FN5O4/c1-19(30-33-18-26(34-30)22-11-6-7-12-23(22)32)15-28(38)24(35-31(40)25-16-20(2)41-36-25)17-29(39)37-14-8-13-27(37)21-9-4-3-5-10-21/h3-7,9-12,16,18-19,24,27H,8,13-15,17H2,1-2H3,(H,33,34)(H,35,40)/t19-,24+,27-/m1/s1. The van der Waals surface area contributed by atoms with Crippen molar-refractivity contribution in [1.82, 2.24) is 25.3 Å². The highest BCUT2D eigenvalue weighted by Crippen LogP contribution is 2.32. The van der Waals surface area contributed by atoms with Crippen LogP contribution in [0, 0.1) is 12.7 Å². The highest BCUT2D eigenvalue weighted by molar-refractivity contribution is 5.98. The maximum Gasteiger partial charge on any atom is 0.274 e. The lowest BCUT2D eigenvalue weighted by Crippen LogP contribution is -2.45. The number of carbonyl (C=O) groups excluding carboxylic acids is 3. The summed E-state index contributed by atoms with van der Waals surface area (Å²) >= 11 is 0. The zero-order valence-electron chi connectivity index (χ0n) is 23.0. The molecule has 4 aromatic rings. The number of aromatic nitrogens is 3. The highest BCUT2D eigenvalue weighted by Gasteiger charge is 2.34. The van der Waals surface area contributed by atoms with Crippen LogP contribution in [0.1, 0.15) is 72.2 Å². The maximum absolute atomic E-state index is 14.3. The van der Waals surface area contributed by atoms with Gasteiger partial charge in [0.25, 0.3) is 5.91 Å². The molecular formula is C31H32FN5O4. The van der Waals surface area contributed by atoms with Gasteiger partial charge in [0, 0.05) is 30.5 Å². The second-order valence-electron chi connectivity index (χ2n) is 10.4. The lowest BCUT2D eigenvalue weighted by molar-refractivity contribution is -0.135. The number of carbonyl (C=O) groups is 3. The third-order valence-corrected chi connectivity index (χ3v) is 7.42. The summed E-state index contributed by atoms with van der Waals surface area (Å²) in [5.74, 6) is -0.931. The monoisotopic (exact) mass is 557 g/mol. The number of H-pyrrole nitrogens is 1. The first kappa shape index (κ1) is 27.9. The van der Waals surface area contributed by atoms with Gasteiger partial charge >= 0.3 is 0 Å². The van der Waals surface area contributed by atoms with E-state index in [-0.39, 0.29) is 48.0 Å². The minimum atomic E-state index is -1.08. The fourth-order valence-electron chi connectivity index (χ4n) is 5.27. The van der Waals surface area contributed by atoms with Gasteiger partial charge in [-0.15, -0.1) is 0 Å². The summed E-state index contributed by atoms with van der Waals surface area (Å²) < 4.78 is 19.3. The Morgan fingerprint density at radius 1 is 1.12 bits per heavy atom. The van der Waals surface area contributed by atoms with Crippen molar-refractivity contribution in [3.8, 4) is 11.3 Å². The van der Waals surface area contributed by atoms with Crippen LogP contribution < -0.4 is 5.32 Å². The Labute approximate surface area is 237 Å². The molecule has 0 unspecified atom stereocenters. The molecule has 2 N–H and O–H groups in total. The Kier molecular flexibility index (Phi) is 8.37. The van der Waals surface area contributed by atoms with Crippen molar-refractivity contribution in [2.75, 3.05) is 6.54 Å². The third-order valence-electron chi connectivity index (χ3n) is 7.42. The molecule has 3 heterocycles. The van der Waals surface area contributed by atoms with E-state index in [4.69, 9.17) is 4.52 Å². The number of halogens is 1. The summed E-state index contributed by atoms with van der Waals surface area (Å²) in [5, 5.41) is 6.46. The molecule has 0 radical (unpaired) electrons. The Hall–Kier alpha value is -4.60. The van der Waals surface area contributed by atoms with Crippen molar-refractivity contribution in [2.24, 2.45) is 0 Å². The summed E-state index contributed by atoms with van der Waals surface area (Å²) in [7, 11) is 0. The predicted molar refractivity (Wildman–Crippen MR) is 149 cm³/mol. The van der Waals surface area contributed by atoms with Crippen LogP contribution in [0.25, 0.3) is 11.3 Å². The van der Waals surface area contributed by atoms with Crippen LogP contribution in [0.5, 0.6) is 0 Å². The zero-order chi connectivity index (χ0) is 28.9. The summed E-state index contributed by atoms with van der Waals surface area (Å²) in [4.78, 5) is 49.4. The van der Waals surface area contributed by atoms with Gasteiger partial charge < -0.3 is 19.7 Å². The van der Waals surface area contributed by atoms with Crippen LogP contribution in [-0.4, -0.2) is 50.2 Å². The Balaban J connectivity index is 1.32. The fraction of sp³-hybridized carbons (Fsp3) is 0.323. The number of nitrogens with one attached hydrogen (secondary N) is 2. The van der Waals surface area contributed by atoms with Gasteiger partial charge in [-0.1, -0.05) is 54.5 Å². The largest absolute Gasteiger partial charge is 0.361 e. The van der Waals surface area contributed by atoms with Gasteiger partial charge in [-0.25, -0.2) is 9.37 Å². The molecule has 0 aliphatic carbocycles. The minimum absolute atomic E-state index is 0.00239. The minimum Gasteiger partial charge on any atom is -0.361 e. The molecular weight excluding hydrogens is 525 g/mol. The average molecular weight is 558 g/mol. The first-order valence-electron chi connectivity index (χ1n) is 13.7. The van der Waals surface area contributed by atoms with Gasteiger partial charge in [0.1, 0.15) is 17.4 Å². The van der Waals surface area contributed by atoms with Crippen LogP contribution in [0.4, 0.5) is 4.39 Å². The van der Waals surface area contributed by atoms with Crippen molar-refractivity contribution in [3.05, 3.63) is 95.5 Å². The van der Waals surface area contributed by atoms with E-state index in [9.17, 15) is 18.8 Å². The molecule has 3 atom stereocenters. The van der Waals surface area contributed by atoms with Crippen LogP contribution >= 0.6 is 0 Å². The molecule has 41 heavy (non-hydrogen) atoms. The molecule has 1 aliphatic rings. The first-order valence-corrected chi connectivity index (χ1v) is 13.7. The van der Waals surface area contributed by atoms with Crippen molar-refractivity contribution in [2.45, 2.75) is 57.5 Å². The van der Waals surface area contributed by atoms with Gasteiger partial charge in [0.15, 0.2) is 11.5 Å². The molecule has 5 rings (SSSR count). The van der Waals surface area contributed by atoms with Gasteiger partial charge in [-0.3, -0.25) is 14.4 Å². The van der Waals surface area contributed by atoms with Crippen molar-refractivity contribution in [3.63, 3.8) is 0 Å². The van der Waals surface area contributed by atoms with Crippen molar-refractivity contribution >= 4 is 17.6 Å². The highest BCUT2D eigenvalue weighted by atomic mass is 19.1. The van der Waals surface area contributed by atoms with Gasteiger partial charge in [-0.2, -0.15) is 0 Å². The summed E-state index contributed by atoms with van der Waals surface area (Å²) in [6.07, 6.45) is 3.03. The number of aromatic amines is 1. The van der Waals surface area contributed by atoms with Crippen LogP contribution in [0.15, 0.2) is 71.4 Å². The summed E-state index contributed by atoms with van der Waals surface area (Å²) in [6.45, 7) is 4.06. The molecule has 9 nitrogen and oxygen atoms in total. The molecule has 2 amide bonds. The van der Waals surface area contributed by atoms with Crippen molar-refractivity contribution in [1.29, 1.82) is 0 Å². The number of aryl methyl sites for hydroxylation is 1. The number of likely N-dealkylation sites (tertiary alicyclic amines) is 1. The number of ketones is 1. The van der Waals surface area contributed by atoms with Gasteiger partial charge in [0.2, 0.25) is 5.91 Å². The molecule has 2 aromatic carbocycles. The number of benzene rings is 2. The molecule has 212 valence electrons. The van der Waals surface area contributed by atoms with Crippen LogP contribution in [-0.2, 0) is 9.59 Å². The summed E-state index contributed by atoms with van der Waals surface area (Å²) in [5.41, 5.74) is 1.95. The number of nitrogens with zero attached hydrogens (tertiary/aromatic N) is 3. The number of rotatable bonds is 10. The number of imidazole rings is 1. The van der Waals surface area contributed by atoms with Gasteiger partial charge in [-0.05, 0) is 37.5 Å². The lowest BCUT2D eigenvalue weighted by atomic mass is 9.96. The quantitative estimate of drug-likeness (QED) is 0.279. The molecule has 1 aliphatic heterocycles. The van der Waals surface area contributed by atoms with E-state index < -0.39 is 11.9 Å². The van der Waals surface area contributed by atoms with Gasteiger partial charge in [0.05, 0.1) is 30.4 Å². The van der Waals surface area contributed by atoms with E-state index in [1.165, 1.54) is 18.3 Å². The summed E-state index contributed by atoms with van der Waals surface area (Å²) in [6, 6.07) is 16.5. The molecule has 1 fully saturated rings. The van der Waals surface area contributed by atoms with E-state index in [1.807, 2.05) is 37.3 Å². The molecule has 0 saturated carbocycles. The van der Waals surface area contributed by atoms with Crippen LogP contribution in [0.2, 0.25) is 0 Å². The molecule has 1 saturated heterocycles. The molecule has 0 bridgehead atoms. The number of Topliss-reactive ketones (excluding diaryl/α,β-unsaturated/α-hetero) is 1. The fourth-order valence-corrected chi connectivity index (χ4v) is 5.27. The number of hydrogen-bond acceptors (Lipinski definition) is 6. The smallest absolute Gasteiger partial charge is 0.274 e. The first-order chi connectivity index (χ1) is 19.8. The Morgan fingerprint density at radius 2 is 1.88 bits per heavy atom. The normalized spacial score (nSPS) is 16.4. The van der Waals surface area contributed by atoms with E-state index >= 15 is 0 Å². The van der Waals surface area contributed by atoms with E-state index in [0.717, 1.165) is 18.4 Å². The average Bonchev–Trinajstić information content (AvgIpc) is 3.74.